The first kappa shape index (κ1) is 15.2. The van der Waals surface area contributed by atoms with E-state index in [9.17, 15) is 4.79 Å². The molecule has 1 amide bonds. The molecule has 1 heterocycles. The van der Waals surface area contributed by atoms with Crippen molar-refractivity contribution in [2.45, 2.75) is 12.8 Å². The molecule has 1 saturated heterocycles. The van der Waals surface area contributed by atoms with E-state index in [1.54, 1.807) is 7.11 Å². The Balaban J connectivity index is 1.92. The number of para-hydroxylation sites is 2. The molecule has 0 aliphatic carbocycles. The molecule has 4 nitrogen and oxygen atoms in total. The van der Waals surface area contributed by atoms with E-state index in [0.29, 0.717) is 6.42 Å². The summed E-state index contributed by atoms with van der Waals surface area (Å²) in [6, 6.07) is 8.04. The van der Waals surface area contributed by atoms with Crippen molar-refractivity contribution in [2.75, 3.05) is 43.5 Å². The second-order valence-electron chi connectivity index (χ2n) is 4.83. The van der Waals surface area contributed by atoms with Crippen LogP contribution in [0.3, 0.4) is 0 Å². The molecule has 110 valence electrons. The van der Waals surface area contributed by atoms with Crippen molar-refractivity contribution in [3.8, 4) is 5.75 Å². The maximum absolute atomic E-state index is 12.0. The molecule has 20 heavy (non-hydrogen) atoms. The number of halogens is 1. The number of anilines is 1. The molecule has 1 aromatic carbocycles. The number of rotatable bonds is 5. The lowest BCUT2D eigenvalue weighted by Gasteiger charge is -2.36. The van der Waals surface area contributed by atoms with Crippen LogP contribution in [0, 0.1) is 0 Å². The van der Waals surface area contributed by atoms with Crippen LogP contribution in [-0.4, -0.2) is 49.4 Å². The molecule has 0 bridgehead atoms. The summed E-state index contributed by atoms with van der Waals surface area (Å²) >= 11 is 3.37. The molecular formula is C15H21BrN2O2. The average molecular weight is 341 g/mol. The second-order valence-corrected chi connectivity index (χ2v) is 5.63. The number of hydrogen-bond acceptors (Lipinski definition) is 3. The summed E-state index contributed by atoms with van der Waals surface area (Å²) in [5.74, 6) is 1.16. The van der Waals surface area contributed by atoms with Gasteiger partial charge in [-0.1, -0.05) is 28.1 Å². The van der Waals surface area contributed by atoms with Gasteiger partial charge in [-0.2, -0.15) is 0 Å². The molecule has 1 aromatic rings. The number of hydrogen-bond donors (Lipinski definition) is 0. The molecule has 1 fully saturated rings. The monoisotopic (exact) mass is 340 g/mol. The third-order valence-corrected chi connectivity index (χ3v) is 4.14. The number of ether oxygens (including phenoxy) is 1. The summed E-state index contributed by atoms with van der Waals surface area (Å²) in [5.41, 5.74) is 1.11. The molecule has 0 spiro atoms. The maximum atomic E-state index is 12.0. The highest BCUT2D eigenvalue weighted by Gasteiger charge is 2.22. The predicted molar refractivity (Wildman–Crippen MR) is 84.8 cm³/mol. The van der Waals surface area contributed by atoms with Crippen LogP contribution in [0.15, 0.2) is 24.3 Å². The summed E-state index contributed by atoms with van der Waals surface area (Å²) in [4.78, 5) is 16.2. The van der Waals surface area contributed by atoms with Gasteiger partial charge in [0.1, 0.15) is 5.75 Å². The largest absolute Gasteiger partial charge is 0.495 e. The lowest BCUT2D eigenvalue weighted by atomic mass is 10.2. The minimum Gasteiger partial charge on any atom is -0.495 e. The van der Waals surface area contributed by atoms with Crippen LogP contribution in [0.25, 0.3) is 0 Å². The Labute approximate surface area is 128 Å². The minimum atomic E-state index is 0.268. The second kappa shape index (κ2) is 7.53. The number of methoxy groups -OCH3 is 1. The molecular weight excluding hydrogens is 320 g/mol. The van der Waals surface area contributed by atoms with Crippen molar-refractivity contribution in [3.63, 3.8) is 0 Å². The quantitative estimate of drug-likeness (QED) is 0.772. The van der Waals surface area contributed by atoms with E-state index >= 15 is 0 Å². The molecule has 2 rings (SSSR count). The van der Waals surface area contributed by atoms with E-state index in [1.165, 1.54) is 0 Å². The Kier molecular flexibility index (Phi) is 5.71. The van der Waals surface area contributed by atoms with Crippen molar-refractivity contribution >= 4 is 27.5 Å². The minimum absolute atomic E-state index is 0.268. The Bertz CT molecular complexity index is 445. The molecule has 0 radical (unpaired) electrons. The number of amides is 1. The van der Waals surface area contributed by atoms with E-state index in [0.717, 1.165) is 49.4 Å². The van der Waals surface area contributed by atoms with Crippen molar-refractivity contribution in [1.29, 1.82) is 0 Å². The topological polar surface area (TPSA) is 32.8 Å². The van der Waals surface area contributed by atoms with Crippen LogP contribution in [0.1, 0.15) is 12.8 Å². The van der Waals surface area contributed by atoms with Crippen LogP contribution in [0.5, 0.6) is 5.75 Å². The van der Waals surface area contributed by atoms with Gasteiger partial charge >= 0.3 is 0 Å². The molecule has 0 saturated carbocycles. The van der Waals surface area contributed by atoms with Gasteiger partial charge in [0.15, 0.2) is 0 Å². The fraction of sp³-hybridized carbons (Fsp3) is 0.533. The van der Waals surface area contributed by atoms with E-state index < -0.39 is 0 Å². The SMILES string of the molecule is COc1ccccc1N1CCN(C(=O)CCCBr)CC1. The van der Waals surface area contributed by atoms with E-state index in [4.69, 9.17) is 4.74 Å². The molecule has 0 aromatic heterocycles. The molecule has 0 unspecified atom stereocenters. The summed E-state index contributed by atoms with van der Waals surface area (Å²) < 4.78 is 5.40. The van der Waals surface area contributed by atoms with Crippen molar-refractivity contribution in [1.82, 2.24) is 4.90 Å². The smallest absolute Gasteiger partial charge is 0.222 e. The molecule has 0 atom stereocenters. The van der Waals surface area contributed by atoms with Gasteiger partial charge in [0.25, 0.3) is 0 Å². The third-order valence-electron chi connectivity index (χ3n) is 3.58. The Morgan fingerprint density at radius 1 is 1.25 bits per heavy atom. The van der Waals surface area contributed by atoms with Gasteiger partial charge in [-0.3, -0.25) is 4.79 Å². The highest BCUT2D eigenvalue weighted by atomic mass is 79.9. The first-order chi connectivity index (χ1) is 9.76. The standard InChI is InChI=1S/C15H21BrN2O2/c1-20-14-6-3-2-5-13(14)17-9-11-18(12-10-17)15(19)7-4-8-16/h2-3,5-6H,4,7-12H2,1H3. The van der Waals surface area contributed by atoms with Crippen molar-refractivity contribution in [3.05, 3.63) is 24.3 Å². The van der Waals surface area contributed by atoms with Gasteiger partial charge < -0.3 is 14.5 Å². The first-order valence-corrected chi connectivity index (χ1v) is 8.10. The number of carbonyl (C=O) groups is 1. The van der Waals surface area contributed by atoms with E-state index in [2.05, 4.69) is 26.9 Å². The highest BCUT2D eigenvalue weighted by molar-refractivity contribution is 9.09. The van der Waals surface area contributed by atoms with E-state index in [1.807, 2.05) is 23.1 Å². The summed E-state index contributed by atoms with van der Waals surface area (Å²) in [6.07, 6.45) is 1.55. The molecule has 5 heteroatoms. The summed E-state index contributed by atoms with van der Waals surface area (Å²) in [6.45, 7) is 3.30. The highest BCUT2D eigenvalue weighted by Crippen LogP contribution is 2.28. The van der Waals surface area contributed by atoms with Gasteiger partial charge in [-0.15, -0.1) is 0 Å². The van der Waals surface area contributed by atoms with Gasteiger partial charge in [0.05, 0.1) is 12.8 Å². The molecule has 1 aliphatic rings. The lowest BCUT2D eigenvalue weighted by Crippen LogP contribution is -2.48. The van der Waals surface area contributed by atoms with Crippen LogP contribution < -0.4 is 9.64 Å². The summed E-state index contributed by atoms with van der Waals surface area (Å²) in [7, 11) is 1.69. The molecule has 0 N–H and O–H groups in total. The fourth-order valence-electron chi connectivity index (χ4n) is 2.46. The Morgan fingerprint density at radius 2 is 1.95 bits per heavy atom. The Hall–Kier alpha value is -1.23. The van der Waals surface area contributed by atoms with Crippen molar-refractivity contribution in [2.24, 2.45) is 0 Å². The maximum Gasteiger partial charge on any atom is 0.222 e. The predicted octanol–water partition coefficient (Wildman–Crippen LogP) is 2.52. The number of benzene rings is 1. The zero-order valence-electron chi connectivity index (χ0n) is 11.8. The van der Waals surface area contributed by atoms with Crippen LogP contribution in [0.2, 0.25) is 0 Å². The van der Waals surface area contributed by atoms with Gasteiger partial charge in [0.2, 0.25) is 5.91 Å². The van der Waals surface area contributed by atoms with Crippen LogP contribution in [0.4, 0.5) is 5.69 Å². The molecule has 1 aliphatic heterocycles. The number of nitrogens with zero attached hydrogens (tertiary/aromatic N) is 2. The van der Waals surface area contributed by atoms with E-state index in [-0.39, 0.29) is 5.91 Å². The average Bonchev–Trinajstić information content (AvgIpc) is 2.52. The van der Waals surface area contributed by atoms with Crippen molar-refractivity contribution < 1.29 is 9.53 Å². The Morgan fingerprint density at radius 3 is 2.60 bits per heavy atom. The normalized spacial score (nSPS) is 15.3. The van der Waals surface area contributed by atoms with Gasteiger partial charge in [-0.05, 0) is 18.6 Å². The van der Waals surface area contributed by atoms with Crippen LogP contribution >= 0.6 is 15.9 Å². The number of alkyl halides is 1. The lowest BCUT2D eigenvalue weighted by molar-refractivity contribution is -0.131. The van der Waals surface area contributed by atoms with Gasteiger partial charge in [0, 0.05) is 37.9 Å². The number of carbonyl (C=O) groups excluding carboxylic acids is 1. The zero-order valence-corrected chi connectivity index (χ0v) is 13.4. The van der Waals surface area contributed by atoms with Crippen LogP contribution in [-0.2, 0) is 4.79 Å². The first-order valence-electron chi connectivity index (χ1n) is 6.98. The van der Waals surface area contributed by atoms with Gasteiger partial charge in [-0.25, -0.2) is 0 Å². The summed E-state index contributed by atoms with van der Waals surface area (Å²) in [5, 5.41) is 0.889. The number of piperazine rings is 1. The zero-order chi connectivity index (χ0) is 14.4. The fourth-order valence-corrected chi connectivity index (χ4v) is 2.74. The third kappa shape index (κ3) is 3.66.